The third-order valence-electron chi connectivity index (χ3n) is 5.76. The summed E-state index contributed by atoms with van der Waals surface area (Å²) in [7, 11) is 1.84. The lowest BCUT2D eigenvalue weighted by atomic mass is 10.0. The van der Waals surface area contributed by atoms with Crippen molar-refractivity contribution in [2.45, 2.75) is 77.9 Å². The zero-order valence-electron chi connectivity index (χ0n) is 19.8. The number of likely N-dealkylation sites (tertiary alicyclic amines) is 1. The summed E-state index contributed by atoms with van der Waals surface area (Å²) in [5.74, 6) is 1.59. The van der Waals surface area contributed by atoms with E-state index in [1.54, 1.807) is 11.3 Å². The van der Waals surface area contributed by atoms with Crippen LogP contribution in [0.25, 0.3) is 0 Å². The van der Waals surface area contributed by atoms with Crippen LogP contribution in [0.2, 0.25) is 0 Å². The highest BCUT2D eigenvalue weighted by atomic mass is 32.1. The monoisotopic (exact) mass is 449 g/mol. The minimum atomic E-state index is -0.458. The quantitative estimate of drug-likeness (QED) is 0.504. The van der Waals surface area contributed by atoms with Crippen LogP contribution in [-0.4, -0.2) is 71.7 Å². The number of carbonyl (C=O) groups excluding carboxylic acids is 1. The SMILES string of the molecule is CCc1nc(CCNC(=NC)N2CCC(N(CC3CC3)C(=O)OC(C)(C)C)CC2)cs1. The largest absolute Gasteiger partial charge is 0.444 e. The Bertz CT molecular complexity index is 745. The summed E-state index contributed by atoms with van der Waals surface area (Å²) in [6.45, 7) is 11.4. The average Bonchev–Trinajstić information content (AvgIpc) is 3.44. The number of rotatable bonds is 7. The molecule has 3 rings (SSSR count). The van der Waals surface area contributed by atoms with Gasteiger partial charge in [0, 0.05) is 51.1 Å². The number of thiazole rings is 1. The third-order valence-corrected chi connectivity index (χ3v) is 6.80. The highest BCUT2D eigenvalue weighted by Gasteiger charge is 2.35. The first-order chi connectivity index (χ1) is 14.8. The summed E-state index contributed by atoms with van der Waals surface area (Å²) in [6, 6.07) is 0.243. The molecule has 0 atom stereocenters. The van der Waals surface area contributed by atoms with E-state index >= 15 is 0 Å². The molecule has 1 amide bonds. The van der Waals surface area contributed by atoms with Gasteiger partial charge < -0.3 is 19.9 Å². The van der Waals surface area contributed by atoms with Crippen LogP contribution in [0.3, 0.4) is 0 Å². The number of amides is 1. The van der Waals surface area contributed by atoms with Crippen molar-refractivity contribution >= 4 is 23.4 Å². The van der Waals surface area contributed by atoms with E-state index in [1.165, 1.54) is 17.8 Å². The molecular formula is C23H39N5O2S. The summed E-state index contributed by atoms with van der Waals surface area (Å²) >= 11 is 1.74. The van der Waals surface area contributed by atoms with Crippen molar-refractivity contribution in [2.24, 2.45) is 10.9 Å². The van der Waals surface area contributed by atoms with E-state index in [9.17, 15) is 4.79 Å². The molecule has 0 aromatic carbocycles. The first kappa shape index (κ1) is 23.8. The van der Waals surface area contributed by atoms with Crippen LogP contribution in [0.5, 0.6) is 0 Å². The van der Waals surface area contributed by atoms with Gasteiger partial charge in [0.15, 0.2) is 5.96 Å². The van der Waals surface area contributed by atoms with Crippen molar-refractivity contribution in [1.82, 2.24) is 20.1 Å². The van der Waals surface area contributed by atoms with Crippen LogP contribution < -0.4 is 5.32 Å². The van der Waals surface area contributed by atoms with E-state index in [0.29, 0.717) is 5.92 Å². The predicted octanol–water partition coefficient (Wildman–Crippen LogP) is 3.93. The average molecular weight is 450 g/mol. The number of carbonyl (C=O) groups is 1. The minimum Gasteiger partial charge on any atom is -0.444 e. The molecule has 1 aliphatic carbocycles. The number of hydrogen-bond acceptors (Lipinski definition) is 5. The highest BCUT2D eigenvalue weighted by molar-refractivity contribution is 7.09. The number of aromatic nitrogens is 1. The number of guanidine groups is 1. The Balaban J connectivity index is 1.49. The second-order valence-electron chi connectivity index (χ2n) is 9.60. The molecular weight excluding hydrogens is 410 g/mol. The Morgan fingerprint density at radius 3 is 2.58 bits per heavy atom. The molecule has 1 saturated carbocycles. The van der Waals surface area contributed by atoms with Gasteiger partial charge in [-0.2, -0.15) is 0 Å². The first-order valence-electron chi connectivity index (χ1n) is 11.7. The van der Waals surface area contributed by atoms with E-state index in [0.717, 1.165) is 63.5 Å². The summed E-state index contributed by atoms with van der Waals surface area (Å²) in [5.41, 5.74) is 0.692. The zero-order valence-corrected chi connectivity index (χ0v) is 20.6. The van der Waals surface area contributed by atoms with Gasteiger partial charge >= 0.3 is 6.09 Å². The van der Waals surface area contributed by atoms with E-state index in [2.05, 4.69) is 32.5 Å². The fourth-order valence-electron chi connectivity index (χ4n) is 3.92. The van der Waals surface area contributed by atoms with Crippen LogP contribution >= 0.6 is 11.3 Å². The van der Waals surface area contributed by atoms with Gasteiger partial charge in [-0.3, -0.25) is 4.99 Å². The van der Waals surface area contributed by atoms with Gasteiger partial charge in [0.1, 0.15) is 5.60 Å². The maximum atomic E-state index is 12.8. The lowest BCUT2D eigenvalue weighted by Gasteiger charge is -2.40. The molecule has 1 saturated heterocycles. The molecule has 1 N–H and O–H groups in total. The number of aryl methyl sites for hydroxylation is 1. The molecule has 0 unspecified atom stereocenters. The van der Waals surface area contributed by atoms with Crippen molar-refractivity contribution in [3.8, 4) is 0 Å². The normalized spacial score (nSPS) is 18.2. The molecule has 31 heavy (non-hydrogen) atoms. The molecule has 1 aromatic heterocycles. The summed E-state index contributed by atoms with van der Waals surface area (Å²) in [6.07, 6.45) is 6.09. The summed E-state index contributed by atoms with van der Waals surface area (Å²) in [4.78, 5) is 26.3. The smallest absolute Gasteiger partial charge is 0.410 e. The zero-order chi connectivity index (χ0) is 22.4. The summed E-state index contributed by atoms with van der Waals surface area (Å²) < 4.78 is 5.71. The van der Waals surface area contributed by atoms with Crippen LogP contribution in [0.4, 0.5) is 4.79 Å². The van der Waals surface area contributed by atoms with Crippen molar-refractivity contribution in [3.05, 3.63) is 16.1 Å². The van der Waals surface area contributed by atoms with Crippen LogP contribution in [0.15, 0.2) is 10.4 Å². The second-order valence-corrected chi connectivity index (χ2v) is 10.5. The first-order valence-corrected chi connectivity index (χ1v) is 12.6. The number of piperidine rings is 1. The van der Waals surface area contributed by atoms with Crippen molar-refractivity contribution in [1.29, 1.82) is 0 Å². The fourth-order valence-corrected chi connectivity index (χ4v) is 4.70. The fraction of sp³-hybridized carbons (Fsp3) is 0.783. The molecule has 1 aliphatic heterocycles. The van der Waals surface area contributed by atoms with Crippen molar-refractivity contribution in [3.63, 3.8) is 0 Å². The Kier molecular flexibility index (Phi) is 8.19. The van der Waals surface area contributed by atoms with E-state index in [1.807, 2.05) is 32.7 Å². The number of nitrogens with one attached hydrogen (secondary N) is 1. The number of nitrogens with zero attached hydrogens (tertiary/aromatic N) is 4. The van der Waals surface area contributed by atoms with Gasteiger partial charge in [-0.25, -0.2) is 9.78 Å². The molecule has 2 heterocycles. The molecule has 174 valence electrons. The minimum absolute atomic E-state index is 0.157. The van der Waals surface area contributed by atoms with Crippen molar-refractivity contribution < 1.29 is 9.53 Å². The Hall–Kier alpha value is -1.83. The molecule has 2 aliphatic rings. The van der Waals surface area contributed by atoms with E-state index in [-0.39, 0.29) is 12.1 Å². The topological polar surface area (TPSA) is 70.1 Å². The maximum absolute atomic E-state index is 12.8. The molecule has 2 fully saturated rings. The van der Waals surface area contributed by atoms with Crippen LogP contribution in [-0.2, 0) is 17.6 Å². The van der Waals surface area contributed by atoms with Crippen LogP contribution in [0.1, 0.15) is 64.1 Å². The van der Waals surface area contributed by atoms with E-state index in [4.69, 9.17) is 4.74 Å². The van der Waals surface area contributed by atoms with Gasteiger partial charge in [0.05, 0.1) is 10.7 Å². The molecule has 8 heteroatoms. The second kappa shape index (κ2) is 10.7. The number of hydrogen-bond donors (Lipinski definition) is 1. The molecule has 0 radical (unpaired) electrons. The highest BCUT2D eigenvalue weighted by Crippen LogP contribution is 2.32. The van der Waals surface area contributed by atoms with E-state index < -0.39 is 5.60 Å². The maximum Gasteiger partial charge on any atom is 0.410 e. The molecule has 7 nitrogen and oxygen atoms in total. The Labute approximate surface area is 191 Å². The predicted molar refractivity (Wildman–Crippen MR) is 127 cm³/mol. The molecule has 1 aromatic rings. The Morgan fingerprint density at radius 1 is 1.32 bits per heavy atom. The number of ether oxygens (including phenoxy) is 1. The number of aliphatic imine (C=N–C) groups is 1. The van der Waals surface area contributed by atoms with Crippen molar-refractivity contribution in [2.75, 3.05) is 33.2 Å². The lowest BCUT2D eigenvalue weighted by Crippen LogP contribution is -2.52. The van der Waals surface area contributed by atoms with Gasteiger partial charge in [0.2, 0.25) is 0 Å². The van der Waals surface area contributed by atoms with Gasteiger partial charge in [0.25, 0.3) is 0 Å². The summed E-state index contributed by atoms with van der Waals surface area (Å²) in [5, 5.41) is 6.84. The molecule has 0 bridgehead atoms. The standard InChI is InChI=1S/C23H39N5O2S/c1-6-20-26-18(16-31-20)9-12-25-21(24-5)27-13-10-19(11-14-27)28(15-17-7-8-17)22(29)30-23(2,3)4/h16-17,19H,6-15H2,1-5H3,(H,24,25). The van der Waals surface area contributed by atoms with Gasteiger partial charge in [-0.05, 0) is 58.8 Å². The van der Waals surface area contributed by atoms with Crippen LogP contribution in [0, 0.1) is 5.92 Å². The third kappa shape index (κ3) is 7.37. The van der Waals surface area contributed by atoms with Gasteiger partial charge in [-0.1, -0.05) is 6.92 Å². The Morgan fingerprint density at radius 2 is 2.03 bits per heavy atom. The molecule has 0 spiro atoms. The lowest BCUT2D eigenvalue weighted by molar-refractivity contribution is 0.00928. The van der Waals surface area contributed by atoms with Gasteiger partial charge in [-0.15, -0.1) is 11.3 Å².